The molecule has 0 aliphatic rings. The van der Waals surface area contributed by atoms with Crippen LogP contribution < -0.4 is 20.7 Å². The summed E-state index contributed by atoms with van der Waals surface area (Å²) in [5, 5.41) is 17.2. The molecular formula is C71H46N6Si. The highest BCUT2D eigenvalue weighted by molar-refractivity contribution is 7.19. The Morgan fingerprint density at radius 2 is 0.808 bits per heavy atom. The quantitative estimate of drug-likeness (QED) is 0.0735. The van der Waals surface area contributed by atoms with Crippen LogP contribution in [0.15, 0.2) is 279 Å². The van der Waals surface area contributed by atoms with Gasteiger partial charge in [0, 0.05) is 33.2 Å². The highest BCUT2D eigenvalue weighted by Crippen LogP contribution is 2.41. The number of benzene rings is 11. The van der Waals surface area contributed by atoms with Crippen molar-refractivity contribution in [3.8, 4) is 79.3 Å². The van der Waals surface area contributed by atoms with Crippen molar-refractivity contribution in [1.29, 1.82) is 5.26 Å². The monoisotopic (exact) mass is 1010 g/mol. The van der Waals surface area contributed by atoms with Gasteiger partial charge in [-0.3, -0.25) is 0 Å². The van der Waals surface area contributed by atoms with Crippen LogP contribution >= 0.6 is 0 Å². The van der Waals surface area contributed by atoms with Crippen LogP contribution in [0.4, 0.5) is 5.69 Å². The number of hydrogen-bond acceptors (Lipinski definition) is 4. The van der Waals surface area contributed by atoms with Crippen LogP contribution in [0.5, 0.6) is 0 Å². The first-order valence-corrected chi connectivity index (χ1v) is 27.9. The number of fused-ring (bicyclic) bond motifs is 3. The molecule has 2 aromatic heterocycles. The molecular weight excluding hydrogens is 965 g/mol. The molecule has 7 heteroatoms. The molecule has 0 N–H and O–H groups in total. The van der Waals surface area contributed by atoms with Gasteiger partial charge in [-0.05, 0) is 103 Å². The summed E-state index contributed by atoms with van der Waals surface area (Å²) in [6, 6.07) is 100. The third-order valence-corrected chi connectivity index (χ3v) is 19.6. The van der Waals surface area contributed by atoms with Gasteiger partial charge in [0.25, 0.3) is 0 Å². The van der Waals surface area contributed by atoms with E-state index in [1.807, 2.05) is 97.1 Å². The van der Waals surface area contributed by atoms with Crippen molar-refractivity contribution in [3.63, 3.8) is 0 Å². The second-order valence-electron chi connectivity index (χ2n) is 19.4. The average Bonchev–Trinajstić information content (AvgIpc) is 4.06. The van der Waals surface area contributed by atoms with Crippen LogP contribution in [0.1, 0.15) is 5.56 Å². The second kappa shape index (κ2) is 20.3. The van der Waals surface area contributed by atoms with E-state index in [1.165, 1.54) is 20.7 Å². The molecule has 0 saturated heterocycles. The van der Waals surface area contributed by atoms with Gasteiger partial charge in [0.2, 0.25) is 0 Å². The number of nitriles is 1. The highest BCUT2D eigenvalue weighted by atomic mass is 28.3. The van der Waals surface area contributed by atoms with E-state index >= 15 is 0 Å². The standard InChI is InChI=1S/C71H46N6Si/c1-73-57-28-18-26-53(43-57)55-37-40-64-63-39-36-54(52-25-17-20-49(42-52)48-72)45-67(63)77(68(64)46-55)58-38-41-65(71-75-69(50-21-7-2-8-22-50)74-70(76-71)51-23-9-3-10-24-51)66(47-58)56-27-19-35-62(44-56)78(59-29-11-4-12-30-59,60-31-13-5-14-32-60)61-33-15-6-16-34-61/h2-47H. The van der Waals surface area contributed by atoms with Gasteiger partial charge in [0.1, 0.15) is 0 Å². The Morgan fingerprint density at radius 1 is 0.359 bits per heavy atom. The fraction of sp³-hybridized carbons (Fsp3) is 0. The van der Waals surface area contributed by atoms with Gasteiger partial charge in [-0.15, -0.1) is 0 Å². The molecule has 13 rings (SSSR count). The summed E-state index contributed by atoms with van der Waals surface area (Å²) in [7, 11) is -2.98. The van der Waals surface area contributed by atoms with E-state index < -0.39 is 8.07 Å². The molecule has 0 aliphatic carbocycles. The maximum atomic E-state index is 9.95. The Balaban J connectivity index is 1.11. The molecule has 2 heterocycles. The fourth-order valence-corrected chi connectivity index (χ4v) is 16.0. The Kier molecular flexibility index (Phi) is 12.3. The van der Waals surface area contributed by atoms with Gasteiger partial charge in [0.05, 0.1) is 29.2 Å². The zero-order valence-corrected chi connectivity index (χ0v) is 43.2. The molecule has 0 atom stereocenters. The Labute approximate surface area is 454 Å². The minimum absolute atomic E-state index is 0.552. The second-order valence-corrected chi connectivity index (χ2v) is 23.2. The lowest BCUT2D eigenvalue weighted by Gasteiger charge is -2.34. The van der Waals surface area contributed by atoms with Crippen molar-refractivity contribution in [1.82, 2.24) is 19.5 Å². The molecule has 0 bridgehead atoms. The summed E-state index contributed by atoms with van der Waals surface area (Å²) in [5.41, 5.74) is 12.6. The summed E-state index contributed by atoms with van der Waals surface area (Å²) >= 11 is 0. The summed E-state index contributed by atoms with van der Waals surface area (Å²) in [4.78, 5) is 19.6. The Hall–Kier alpha value is -10.6. The third-order valence-electron chi connectivity index (χ3n) is 14.8. The zero-order valence-electron chi connectivity index (χ0n) is 42.2. The molecule has 13 aromatic rings. The summed E-state index contributed by atoms with van der Waals surface area (Å²) in [6.07, 6.45) is 0. The molecule has 0 unspecified atom stereocenters. The van der Waals surface area contributed by atoms with Gasteiger partial charge in [-0.2, -0.15) is 5.26 Å². The van der Waals surface area contributed by atoms with Gasteiger partial charge in [0.15, 0.2) is 31.2 Å². The smallest absolute Gasteiger partial charge is 0.187 e. The number of hydrogen-bond donors (Lipinski definition) is 0. The number of nitrogens with zero attached hydrogens (tertiary/aromatic N) is 6. The van der Waals surface area contributed by atoms with Gasteiger partial charge in [-0.25, -0.2) is 19.8 Å². The summed E-state index contributed by atoms with van der Waals surface area (Å²) < 4.78 is 2.36. The van der Waals surface area contributed by atoms with Gasteiger partial charge < -0.3 is 4.57 Å². The van der Waals surface area contributed by atoms with Crippen molar-refractivity contribution < 1.29 is 0 Å². The highest BCUT2D eigenvalue weighted by Gasteiger charge is 2.41. The maximum Gasteiger partial charge on any atom is 0.187 e. The minimum atomic E-state index is -2.98. The van der Waals surface area contributed by atoms with Crippen molar-refractivity contribution in [2.75, 3.05) is 0 Å². The van der Waals surface area contributed by atoms with E-state index in [0.29, 0.717) is 28.7 Å². The van der Waals surface area contributed by atoms with Crippen LogP contribution in [-0.2, 0) is 0 Å². The van der Waals surface area contributed by atoms with Crippen molar-refractivity contribution in [2.45, 2.75) is 0 Å². The zero-order chi connectivity index (χ0) is 52.4. The molecule has 364 valence electrons. The molecule has 6 nitrogen and oxygen atoms in total. The molecule has 0 spiro atoms. The van der Waals surface area contributed by atoms with E-state index in [4.69, 9.17) is 21.5 Å². The molecule has 0 fully saturated rings. The Morgan fingerprint density at radius 3 is 1.35 bits per heavy atom. The average molecular weight is 1010 g/mol. The number of rotatable bonds is 11. The topological polar surface area (TPSA) is 71.8 Å². The maximum absolute atomic E-state index is 9.95. The predicted octanol–water partition coefficient (Wildman–Crippen LogP) is 14.8. The third kappa shape index (κ3) is 8.53. The fourth-order valence-electron chi connectivity index (χ4n) is 11.2. The largest absolute Gasteiger partial charge is 0.309 e. The van der Waals surface area contributed by atoms with Crippen molar-refractivity contribution in [3.05, 3.63) is 296 Å². The lowest BCUT2D eigenvalue weighted by Crippen LogP contribution is -2.74. The molecule has 0 saturated carbocycles. The van der Waals surface area contributed by atoms with E-state index in [2.05, 4.69) is 197 Å². The van der Waals surface area contributed by atoms with E-state index in [9.17, 15) is 5.26 Å². The first-order valence-electron chi connectivity index (χ1n) is 25.9. The van der Waals surface area contributed by atoms with Gasteiger partial charge in [-0.1, -0.05) is 231 Å². The Bertz CT molecular complexity index is 4180. The normalized spacial score (nSPS) is 11.3. The van der Waals surface area contributed by atoms with E-state index in [0.717, 1.165) is 77.6 Å². The molecule has 0 amide bonds. The van der Waals surface area contributed by atoms with Crippen molar-refractivity contribution in [2.24, 2.45) is 0 Å². The molecule has 0 radical (unpaired) electrons. The van der Waals surface area contributed by atoms with Crippen LogP contribution in [0, 0.1) is 17.9 Å². The van der Waals surface area contributed by atoms with E-state index in [-0.39, 0.29) is 0 Å². The van der Waals surface area contributed by atoms with Crippen molar-refractivity contribution >= 4 is 56.3 Å². The van der Waals surface area contributed by atoms with Crippen LogP contribution in [0.3, 0.4) is 0 Å². The minimum Gasteiger partial charge on any atom is -0.309 e. The molecule has 0 aliphatic heterocycles. The lowest BCUT2D eigenvalue weighted by molar-refractivity contribution is 1.07. The van der Waals surface area contributed by atoms with Gasteiger partial charge >= 0.3 is 0 Å². The predicted molar refractivity (Wildman–Crippen MR) is 321 cm³/mol. The van der Waals surface area contributed by atoms with Crippen LogP contribution in [0.25, 0.3) is 99.9 Å². The lowest BCUT2D eigenvalue weighted by atomic mass is 9.97. The van der Waals surface area contributed by atoms with E-state index in [1.54, 1.807) is 0 Å². The first-order chi connectivity index (χ1) is 38.5. The molecule has 78 heavy (non-hydrogen) atoms. The summed E-state index contributed by atoms with van der Waals surface area (Å²) in [5.74, 6) is 1.71. The summed E-state index contributed by atoms with van der Waals surface area (Å²) in [6.45, 7) is 7.82. The first kappa shape index (κ1) is 47.2. The molecule has 11 aromatic carbocycles. The SMILES string of the molecule is [C-]#[N+]c1cccc(-c2ccc3c4ccc(-c5cccc(C#N)c5)cc4n(-c4ccc(-c5nc(-c6ccccc6)nc(-c6ccccc6)n5)c(-c5cccc([Si](c6ccccc6)(c6ccccc6)c6ccccc6)c5)c4)c3c2)c1. The van der Waals surface area contributed by atoms with Crippen LogP contribution in [-0.4, -0.2) is 27.6 Å². The van der Waals surface area contributed by atoms with Crippen LogP contribution in [0.2, 0.25) is 0 Å². The number of aromatic nitrogens is 4.